The van der Waals surface area contributed by atoms with E-state index in [1.54, 1.807) is 17.4 Å². The quantitative estimate of drug-likeness (QED) is 0.552. The lowest BCUT2D eigenvalue weighted by Gasteiger charge is -2.35. The van der Waals surface area contributed by atoms with Crippen LogP contribution in [0.3, 0.4) is 0 Å². The van der Waals surface area contributed by atoms with Crippen LogP contribution in [-0.2, 0) is 19.1 Å². The maximum absolute atomic E-state index is 13.2. The molecule has 0 saturated carbocycles. The molecule has 0 aliphatic carbocycles. The number of aliphatic imine (C=N–C) groups is 1. The number of nitrogens with one attached hydrogen (secondary N) is 1. The third-order valence-electron chi connectivity index (χ3n) is 4.93. The summed E-state index contributed by atoms with van der Waals surface area (Å²) in [5.41, 5.74) is 6.60. The van der Waals surface area contributed by atoms with Gasteiger partial charge in [-0.2, -0.15) is 13.2 Å². The summed E-state index contributed by atoms with van der Waals surface area (Å²) in [6.07, 6.45) is -3.56. The van der Waals surface area contributed by atoms with Crippen LogP contribution in [0.5, 0.6) is 0 Å². The second-order valence-electron chi connectivity index (χ2n) is 7.09. The third-order valence-corrected chi connectivity index (χ3v) is 5.86. The Hall–Kier alpha value is -2.26. The number of thiophene rings is 1. The van der Waals surface area contributed by atoms with Crippen LogP contribution in [0.1, 0.15) is 16.0 Å². The predicted octanol–water partition coefficient (Wildman–Crippen LogP) is 3.17. The molecule has 3 N–H and O–H groups in total. The maximum Gasteiger partial charge on any atom is 0.416 e. The zero-order valence-corrected chi connectivity index (χ0v) is 17.2. The molecule has 0 atom stereocenters. The lowest BCUT2D eigenvalue weighted by Crippen LogP contribution is -2.44. The SMILES string of the molecule is CN1CCN(c2ccc(C(F)(F)F)cc2CN=C(N)NCCc2cccs2)CC1. The van der Waals surface area contributed by atoms with Gasteiger partial charge in [0, 0.05) is 43.3 Å². The fourth-order valence-corrected chi connectivity index (χ4v) is 3.95. The van der Waals surface area contributed by atoms with Gasteiger partial charge in [-0.25, -0.2) is 4.99 Å². The lowest BCUT2D eigenvalue weighted by atomic mass is 10.1. The van der Waals surface area contributed by atoms with Gasteiger partial charge in [-0.15, -0.1) is 11.3 Å². The van der Waals surface area contributed by atoms with Gasteiger partial charge in [0.2, 0.25) is 0 Å². The summed E-state index contributed by atoms with van der Waals surface area (Å²) in [4.78, 5) is 9.84. The number of nitrogens with two attached hydrogens (primary N) is 1. The van der Waals surface area contributed by atoms with E-state index in [1.165, 1.54) is 10.9 Å². The van der Waals surface area contributed by atoms with Crippen LogP contribution in [-0.4, -0.2) is 50.6 Å². The van der Waals surface area contributed by atoms with Crippen molar-refractivity contribution in [2.75, 3.05) is 44.7 Å². The standard InChI is InChI=1S/C20H26F3N5S/c1-27-8-10-28(11-9-27)18-5-4-16(20(21,22)23)13-15(18)14-26-19(24)25-7-6-17-3-2-12-29-17/h2-5,12-13H,6-11,14H2,1H3,(H3,24,25,26). The molecule has 1 aromatic carbocycles. The van der Waals surface area contributed by atoms with Crippen LogP contribution in [0.15, 0.2) is 40.7 Å². The summed E-state index contributed by atoms with van der Waals surface area (Å²) in [5, 5.41) is 5.05. The molecular formula is C20H26F3N5S. The molecule has 2 heterocycles. The Balaban J connectivity index is 1.70. The lowest BCUT2D eigenvalue weighted by molar-refractivity contribution is -0.137. The van der Waals surface area contributed by atoms with E-state index in [-0.39, 0.29) is 12.5 Å². The van der Waals surface area contributed by atoms with E-state index in [0.29, 0.717) is 12.1 Å². The number of anilines is 1. The van der Waals surface area contributed by atoms with E-state index in [1.807, 2.05) is 24.6 Å². The van der Waals surface area contributed by atoms with Crippen molar-refractivity contribution in [2.45, 2.75) is 19.1 Å². The number of rotatable bonds is 6. The molecule has 1 aliphatic rings. The first kappa shape index (κ1) is 21.4. The van der Waals surface area contributed by atoms with Crippen molar-refractivity contribution < 1.29 is 13.2 Å². The Morgan fingerprint density at radius 3 is 2.62 bits per heavy atom. The summed E-state index contributed by atoms with van der Waals surface area (Å²) in [6, 6.07) is 7.93. The number of hydrogen-bond donors (Lipinski definition) is 2. The number of likely N-dealkylation sites (N-methyl/N-ethyl adjacent to an activating group) is 1. The van der Waals surface area contributed by atoms with Gasteiger partial charge in [0.15, 0.2) is 5.96 Å². The molecular weight excluding hydrogens is 399 g/mol. The minimum Gasteiger partial charge on any atom is -0.370 e. The molecule has 5 nitrogen and oxygen atoms in total. The molecule has 0 unspecified atom stereocenters. The minimum absolute atomic E-state index is 0.101. The van der Waals surface area contributed by atoms with Crippen molar-refractivity contribution >= 4 is 23.0 Å². The number of alkyl halides is 3. The molecule has 1 aromatic heterocycles. The Kier molecular flexibility index (Phi) is 7.02. The average molecular weight is 426 g/mol. The number of piperazine rings is 1. The molecule has 9 heteroatoms. The first-order chi connectivity index (χ1) is 13.8. The highest BCUT2D eigenvalue weighted by Gasteiger charge is 2.31. The fourth-order valence-electron chi connectivity index (χ4n) is 3.24. The number of nitrogens with zero attached hydrogens (tertiary/aromatic N) is 3. The van der Waals surface area contributed by atoms with Gasteiger partial charge in [0.05, 0.1) is 12.1 Å². The highest BCUT2D eigenvalue weighted by Crippen LogP contribution is 2.33. The molecule has 0 bridgehead atoms. The van der Waals surface area contributed by atoms with Crippen LogP contribution in [0.4, 0.5) is 18.9 Å². The van der Waals surface area contributed by atoms with Gasteiger partial charge in [-0.05, 0) is 48.7 Å². The van der Waals surface area contributed by atoms with Crippen molar-refractivity contribution in [1.82, 2.24) is 10.2 Å². The van der Waals surface area contributed by atoms with E-state index in [4.69, 9.17) is 5.73 Å². The topological polar surface area (TPSA) is 56.9 Å². The number of hydrogen-bond acceptors (Lipinski definition) is 4. The number of benzene rings is 1. The van der Waals surface area contributed by atoms with Crippen molar-refractivity contribution in [3.63, 3.8) is 0 Å². The molecule has 0 radical (unpaired) electrons. The van der Waals surface area contributed by atoms with Crippen molar-refractivity contribution in [3.8, 4) is 0 Å². The Morgan fingerprint density at radius 1 is 1.21 bits per heavy atom. The Morgan fingerprint density at radius 2 is 1.97 bits per heavy atom. The van der Waals surface area contributed by atoms with Crippen molar-refractivity contribution in [2.24, 2.45) is 10.7 Å². The molecule has 1 aliphatic heterocycles. The summed E-state index contributed by atoms with van der Waals surface area (Å²) in [5.74, 6) is 0.239. The molecule has 3 rings (SSSR count). The van der Waals surface area contributed by atoms with Crippen LogP contribution >= 0.6 is 11.3 Å². The van der Waals surface area contributed by atoms with Gasteiger partial charge < -0.3 is 20.9 Å². The zero-order chi connectivity index (χ0) is 20.9. The Labute approximate surface area is 173 Å². The molecule has 1 saturated heterocycles. The van der Waals surface area contributed by atoms with E-state index < -0.39 is 11.7 Å². The first-order valence-electron chi connectivity index (χ1n) is 9.53. The van der Waals surface area contributed by atoms with E-state index >= 15 is 0 Å². The van der Waals surface area contributed by atoms with Crippen LogP contribution in [0.25, 0.3) is 0 Å². The molecule has 0 spiro atoms. The third kappa shape index (κ3) is 6.11. The van der Waals surface area contributed by atoms with Crippen LogP contribution in [0.2, 0.25) is 0 Å². The molecule has 2 aromatic rings. The van der Waals surface area contributed by atoms with E-state index in [0.717, 1.165) is 44.4 Å². The predicted molar refractivity (Wildman–Crippen MR) is 113 cm³/mol. The molecule has 0 amide bonds. The molecule has 1 fully saturated rings. The minimum atomic E-state index is -4.39. The summed E-state index contributed by atoms with van der Waals surface area (Å²) < 4.78 is 39.6. The van der Waals surface area contributed by atoms with Gasteiger partial charge in [-0.1, -0.05) is 6.07 Å². The monoisotopic (exact) mass is 425 g/mol. The largest absolute Gasteiger partial charge is 0.416 e. The zero-order valence-electron chi connectivity index (χ0n) is 16.4. The summed E-state index contributed by atoms with van der Waals surface area (Å²) in [6.45, 7) is 4.01. The van der Waals surface area contributed by atoms with Gasteiger partial charge in [-0.3, -0.25) is 0 Å². The maximum atomic E-state index is 13.2. The van der Waals surface area contributed by atoms with Crippen molar-refractivity contribution in [1.29, 1.82) is 0 Å². The van der Waals surface area contributed by atoms with Crippen LogP contribution in [0, 0.1) is 0 Å². The van der Waals surface area contributed by atoms with Gasteiger partial charge >= 0.3 is 6.18 Å². The van der Waals surface area contributed by atoms with E-state index in [2.05, 4.69) is 20.1 Å². The van der Waals surface area contributed by atoms with Gasteiger partial charge in [0.25, 0.3) is 0 Å². The fraction of sp³-hybridized carbons (Fsp3) is 0.450. The van der Waals surface area contributed by atoms with E-state index in [9.17, 15) is 13.2 Å². The highest BCUT2D eigenvalue weighted by atomic mass is 32.1. The molecule has 158 valence electrons. The Bertz CT molecular complexity index is 812. The number of guanidine groups is 1. The molecule has 29 heavy (non-hydrogen) atoms. The summed E-state index contributed by atoms with van der Waals surface area (Å²) in [7, 11) is 2.04. The summed E-state index contributed by atoms with van der Waals surface area (Å²) >= 11 is 1.67. The average Bonchev–Trinajstić information content (AvgIpc) is 3.20. The normalized spacial score (nSPS) is 16.3. The van der Waals surface area contributed by atoms with Gasteiger partial charge in [0.1, 0.15) is 0 Å². The van der Waals surface area contributed by atoms with Crippen LogP contribution < -0.4 is 16.0 Å². The second kappa shape index (κ2) is 9.49. The smallest absolute Gasteiger partial charge is 0.370 e. The van der Waals surface area contributed by atoms with Crippen molar-refractivity contribution in [3.05, 3.63) is 51.7 Å². The highest BCUT2D eigenvalue weighted by molar-refractivity contribution is 7.09. The second-order valence-corrected chi connectivity index (χ2v) is 8.12. The number of halogens is 3. The first-order valence-corrected chi connectivity index (χ1v) is 10.4.